The van der Waals surface area contributed by atoms with Crippen molar-refractivity contribution in [2.24, 2.45) is 0 Å². The normalized spacial score (nSPS) is 14.2. The highest BCUT2D eigenvalue weighted by atomic mass is 35.5. The van der Waals surface area contributed by atoms with Crippen LogP contribution < -0.4 is 10.1 Å². The molecule has 4 heteroatoms. The zero-order valence-corrected chi connectivity index (χ0v) is 13.3. The molecule has 3 rings (SSSR count). The Morgan fingerprint density at radius 1 is 1.05 bits per heavy atom. The molecule has 0 bridgehead atoms. The zero-order valence-electron chi connectivity index (χ0n) is 11.8. The SMILES string of the molecule is Cc1cc(Oc2cc(Cl)cc(Cl)c2)ccc1CNC1CC1. The van der Waals surface area contributed by atoms with Crippen LogP contribution in [0, 0.1) is 6.92 Å². The van der Waals surface area contributed by atoms with Crippen molar-refractivity contribution in [3.63, 3.8) is 0 Å². The summed E-state index contributed by atoms with van der Waals surface area (Å²) in [5, 5.41) is 4.66. The van der Waals surface area contributed by atoms with Crippen LogP contribution in [-0.2, 0) is 6.54 Å². The van der Waals surface area contributed by atoms with E-state index in [0.29, 0.717) is 21.8 Å². The monoisotopic (exact) mass is 321 g/mol. The first-order valence-electron chi connectivity index (χ1n) is 7.07. The van der Waals surface area contributed by atoms with Gasteiger partial charge in [0.1, 0.15) is 11.5 Å². The van der Waals surface area contributed by atoms with Crippen LogP contribution in [0.15, 0.2) is 36.4 Å². The van der Waals surface area contributed by atoms with Crippen LogP contribution in [0.3, 0.4) is 0 Å². The van der Waals surface area contributed by atoms with Crippen molar-refractivity contribution in [3.8, 4) is 11.5 Å². The van der Waals surface area contributed by atoms with E-state index >= 15 is 0 Å². The van der Waals surface area contributed by atoms with Crippen LogP contribution in [0.25, 0.3) is 0 Å². The maximum atomic E-state index is 5.98. The summed E-state index contributed by atoms with van der Waals surface area (Å²) < 4.78 is 5.82. The van der Waals surface area contributed by atoms with Crippen molar-refractivity contribution in [2.45, 2.75) is 32.4 Å². The largest absolute Gasteiger partial charge is 0.457 e. The van der Waals surface area contributed by atoms with Crippen LogP contribution in [-0.4, -0.2) is 6.04 Å². The third kappa shape index (κ3) is 4.13. The predicted octanol–water partition coefficient (Wildman–Crippen LogP) is 5.35. The Morgan fingerprint density at radius 2 is 1.76 bits per heavy atom. The molecule has 1 saturated carbocycles. The van der Waals surface area contributed by atoms with Crippen LogP contribution in [0.5, 0.6) is 11.5 Å². The van der Waals surface area contributed by atoms with E-state index in [1.165, 1.54) is 24.0 Å². The number of nitrogens with one attached hydrogen (secondary N) is 1. The Kier molecular flexibility index (Phi) is 4.39. The Hall–Kier alpha value is -1.22. The van der Waals surface area contributed by atoms with Gasteiger partial charge < -0.3 is 10.1 Å². The predicted molar refractivity (Wildman–Crippen MR) is 87.6 cm³/mol. The summed E-state index contributed by atoms with van der Waals surface area (Å²) in [4.78, 5) is 0. The van der Waals surface area contributed by atoms with E-state index < -0.39 is 0 Å². The lowest BCUT2D eigenvalue weighted by Gasteiger charge is -2.11. The van der Waals surface area contributed by atoms with E-state index in [2.05, 4.69) is 18.3 Å². The Balaban J connectivity index is 1.71. The van der Waals surface area contributed by atoms with Crippen LogP contribution in [0.2, 0.25) is 10.0 Å². The number of hydrogen-bond acceptors (Lipinski definition) is 2. The maximum absolute atomic E-state index is 5.98. The smallest absolute Gasteiger partial charge is 0.130 e. The molecule has 0 aliphatic heterocycles. The van der Waals surface area contributed by atoms with E-state index in [1.54, 1.807) is 18.2 Å². The van der Waals surface area contributed by atoms with Gasteiger partial charge >= 0.3 is 0 Å². The molecule has 0 atom stereocenters. The molecule has 2 aromatic rings. The molecule has 0 radical (unpaired) electrons. The summed E-state index contributed by atoms with van der Waals surface area (Å²) in [6.45, 7) is 3.02. The number of rotatable bonds is 5. The second-order valence-corrected chi connectivity index (χ2v) is 6.32. The molecule has 1 aliphatic carbocycles. The van der Waals surface area contributed by atoms with Crippen molar-refractivity contribution in [3.05, 3.63) is 57.6 Å². The fraction of sp³-hybridized carbons (Fsp3) is 0.294. The Bertz CT molecular complexity index is 633. The lowest BCUT2D eigenvalue weighted by molar-refractivity contribution is 0.482. The third-order valence-electron chi connectivity index (χ3n) is 3.54. The highest BCUT2D eigenvalue weighted by molar-refractivity contribution is 6.34. The third-order valence-corrected chi connectivity index (χ3v) is 3.98. The summed E-state index contributed by atoms with van der Waals surface area (Å²) in [6.07, 6.45) is 2.60. The summed E-state index contributed by atoms with van der Waals surface area (Å²) in [7, 11) is 0. The van der Waals surface area contributed by atoms with Gasteiger partial charge in [0, 0.05) is 22.6 Å². The molecule has 1 N–H and O–H groups in total. The van der Waals surface area contributed by atoms with Gasteiger partial charge in [-0.25, -0.2) is 0 Å². The summed E-state index contributed by atoms with van der Waals surface area (Å²) >= 11 is 12.0. The molecule has 0 saturated heterocycles. The van der Waals surface area contributed by atoms with Crippen LogP contribution in [0.1, 0.15) is 24.0 Å². The molecule has 0 unspecified atom stereocenters. The fourth-order valence-electron chi connectivity index (χ4n) is 2.20. The van der Waals surface area contributed by atoms with Gasteiger partial charge in [-0.1, -0.05) is 29.3 Å². The first-order valence-corrected chi connectivity index (χ1v) is 7.82. The zero-order chi connectivity index (χ0) is 14.8. The minimum atomic E-state index is 0.569. The molecule has 1 aliphatic rings. The molecule has 0 spiro atoms. The number of aryl methyl sites for hydroxylation is 1. The van der Waals surface area contributed by atoms with E-state index in [1.807, 2.05) is 12.1 Å². The molecule has 0 aromatic heterocycles. The number of ether oxygens (including phenoxy) is 1. The number of halogens is 2. The van der Waals surface area contributed by atoms with Crippen molar-refractivity contribution in [1.82, 2.24) is 5.32 Å². The topological polar surface area (TPSA) is 21.3 Å². The van der Waals surface area contributed by atoms with Crippen molar-refractivity contribution in [2.75, 3.05) is 0 Å². The van der Waals surface area contributed by atoms with Crippen molar-refractivity contribution >= 4 is 23.2 Å². The average molecular weight is 322 g/mol. The summed E-state index contributed by atoms with van der Waals surface area (Å²) in [5.74, 6) is 1.44. The van der Waals surface area contributed by atoms with Crippen LogP contribution >= 0.6 is 23.2 Å². The van der Waals surface area contributed by atoms with Crippen LogP contribution in [0.4, 0.5) is 0 Å². The van der Waals surface area contributed by atoms with Gasteiger partial charge in [0.05, 0.1) is 0 Å². The van der Waals surface area contributed by atoms with E-state index in [0.717, 1.165) is 12.3 Å². The second kappa shape index (κ2) is 6.27. The summed E-state index contributed by atoms with van der Waals surface area (Å²) in [5.41, 5.74) is 2.52. The second-order valence-electron chi connectivity index (χ2n) is 5.45. The lowest BCUT2D eigenvalue weighted by Crippen LogP contribution is -2.15. The van der Waals surface area contributed by atoms with E-state index in [4.69, 9.17) is 27.9 Å². The first kappa shape index (κ1) is 14.7. The lowest BCUT2D eigenvalue weighted by atomic mass is 10.1. The number of hydrogen-bond donors (Lipinski definition) is 1. The minimum absolute atomic E-state index is 0.569. The highest BCUT2D eigenvalue weighted by Gasteiger charge is 2.20. The van der Waals surface area contributed by atoms with Gasteiger partial charge in [0.15, 0.2) is 0 Å². The molecule has 2 nitrogen and oxygen atoms in total. The Labute approximate surface area is 135 Å². The summed E-state index contributed by atoms with van der Waals surface area (Å²) in [6, 6.07) is 12.0. The maximum Gasteiger partial charge on any atom is 0.130 e. The van der Waals surface area contributed by atoms with Gasteiger partial charge in [0.25, 0.3) is 0 Å². The average Bonchev–Trinajstić information content (AvgIpc) is 3.20. The molecule has 0 heterocycles. The highest BCUT2D eigenvalue weighted by Crippen LogP contribution is 2.29. The van der Waals surface area contributed by atoms with Gasteiger partial charge in [-0.15, -0.1) is 0 Å². The number of benzene rings is 2. The fourth-order valence-corrected chi connectivity index (χ4v) is 2.70. The Morgan fingerprint density at radius 3 is 2.38 bits per heavy atom. The van der Waals surface area contributed by atoms with Gasteiger partial charge in [-0.3, -0.25) is 0 Å². The molecule has 21 heavy (non-hydrogen) atoms. The van der Waals surface area contributed by atoms with Gasteiger partial charge in [0.2, 0.25) is 0 Å². The minimum Gasteiger partial charge on any atom is -0.457 e. The van der Waals surface area contributed by atoms with E-state index in [9.17, 15) is 0 Å². The molecular formula is C17H17Cl2NO. The van der Waals surface area contributed by atoms with Gasteiger partial charge in [-0.2, -0.15) is 0 Å². The molecule has 2 aromatic carbocycles. The van der Waals surface area contributed by atoms with Crippen molar-refractivity contribution in [1.29, 1.82) is 0 Å². The quantitative estimate of drug-likeness (QED) is 0.801. The standard InChI is InChI=1S/C17H17Cl2NO/c1-11-6-16(5-2-12(11)10-20-15-3-4-15)21-17-8-13(18)7-14(19)9-17/h2,5-9,15,20H,3-4,10H2,1H3. The first-order chi connectivity index (χ1) is 10.1. The molecule has 0 amide bonds. The van der Waals surface area contributed by atoms with Gasteiger partial charge in [-0.05, 0) is 61.2 Å². The van der Waals surface area contributed by atoms with E-state index in [-0.39, 0.29) is 0 Å². The molecule has 1 fully saturated rings. The molecule has 110 valence electrons. The van der Waals surface area contributed by atoms with Crippen molar-refractivity contribution < 1.29 is 4.74 Å². The molecular weight excluding hydrogens is 305 g/mol.